The first-order valence-corrected chi connectivity index (χ1v) is 7.65. The summed E-state index contributed by atoms with van der Waals surface area (Å²) < 4.78 is 2.24. The first-order chi connectivity index (χ1) is 9.04. The Labute approximate surface area is 124 Å². The minimum Gasteiger partial charge on any atom is -0.326 e. The smallest absolute Gasteiger partial charge is 0.111 e. The van der Waals surface area contributed by atoms with Gasteiger partial charge in [0.15, 0.2) is 0 Å². The second-order valence-corrected chi connectivity index (χ2v) is 6.19. The Morgan fingerprint density at radius 3 is 2.63 bits per heavy atom. The van der Waals surface area contributed by atoms with Crippen LogP contribution in [0.2, 0.25) is 5.02 Å². The van der Waals surface area contributed by atoms with Crippen molar-refractivity contribution in [3.8, 4) is 0 Å². The average molecular weight is 299 g/mol. The Bertz CT molecular complexity index is 561. The monoisotopic (exact) mass is 298 g/mol. The second kappa shape index (κ2) is 6.15. The van der Waals surface area contributed by atoms with Gasteiger partial charge in [-0.05, 0) is 24.0 Å². The first kappa shape index (κ1) is 14.7. The Balaban J connectivity index is 2.51. The van der Waals surface area contributed by atoms with Crippen molar-refractivity contribution in [2.75, 3.05) is 5.88 Å². The lowest BCUT2D eigenvalue weighted by atomic mass is 9.98. The molecule has 1 aromatic heterocycles. The normalized spacial score (nSPS) is 13.4. The molecule has 0 saturated carbocycles. The number of nitrogens with zero attached hydrogens (tertiary/aromatic N) is 2. The maximum atomic E-state index is 6.34. The Hall–Kier alpha value is -0.730. The minimum atomic E-state index is 0.572. The molecule has 0 fully saturated rings. The van der Waals surface area contributed by atoms with Crippen LogP contribution in [0.25, 0.3) is 11.0 Å². The number of para-hydroxylation sites is 1. The molecule has 1 aromatic carbocycles. The summed E-state index contributed by atoms with van der Waals surface area (Å²) in [5.74, 6) is 2.81. The number of halogens is 2. The Kier molecular flexibility index (Phi) is 4.75. The summed E-state index contributed by atoms with van der Waals surface area (Å²) in [4.78, 5) is 4.67. The number of benzene rings is 1. The summed E-state index contributed by atoms with van der Waals surface area (Å²) in [7, 11) is 0. The molecule has 0 spiro atoms. The molecule has 2 aromatic rings. The number of aryl methyl sites for hydroxylation is 1. The van der Waals surface area contributed by atoms with Crippen molar-refractivity contribution in [2.45, 2.75) is 33.7 Å². The van der Waals surface area contributed by atoms with Crippen LogP contribution >= 0.6 is 23.2 Å². The number of fused-ring (bicyclic) bond motifs is 1. The van der Waals surface area contributed by atoms with E-state index in [9.17, 15) is 0 Å². The molecular weight excluding hydrogens is 279 g/mol. The standard InChI is InChI=1S/C15H20Cl2N2/c1-10(2)11(3)9-19-14(7-8-16)18-13-6-4-5-12(17)15(13)19/h4-6,10-11H,7-9H2,1-3H3. The highest BCUT2D eigenvalue weighted by Gasteiger charge is 2.16. The van der Waals surface area contributed by atoms with Gasteiger partial charge in [0.05, 0.1) is 16.1 Å². The van der Waals surface area contributed by atoms with E-state index in [1.165, 1.54) is 0 Å². The molecule has 0 bridgehead atoms. The van der Waals surface area contributed by atoms with E-state index in [-0.39, 0.29) is 0 Å². The van der Waals surface area contributed by atoms with E-state index < -0.39 is 0 Å². The number of aromatic nitrogens is 2. The first-order valence-electron chi connectivity index (χ1n) is 6.74. The molecule has 0 amide bonds. The van der Waals surface area contributed by atoms with Crippen LogP contribution < -0.4 is 0 Å². The highest BCUT2D eigenvalue weighted by molar-refractivity contribution is 6.35. The maximum Gasteiger partial charge on any atom is 0.111 e. The molecule has 0 N–H and O–H groups in total. The van der Waals surface area contributed by atoms with E-state index in [2.05, 4.69) is 30.3 Å². The van der Waals surface area contributed by atoms with Gasteiger partial charge in [0.1, 0.15) is 5.82 Å². The number of imidazole rings is 1. The van der Waals surface area contributed by atoms with Crippen molar-refractivity contribution in [3.05, 3.63) is 29.0 Å². The van der Waals surface area contributed by atoms with Crippen molar-refractivity contribution in [1.82, 2.24) is 9.55 Å². The zero-order chi connectivity index (χ0) is 14.0. The third kappa shape index (κ3) is 3.06. The zero-order valence-electron chi connectivity index (χ0n) is 11.7. The van der Waals surface area contributed by atoms with Crippen molar-refractivity contribution in [1.29, 1.82) is 0 Å². The molecule has 2 nitrogen and oxygen atoms in total. The molecule has 104 valence electrons. The van der Waals surface area contributed by atoms with Gasteiger partial charge in [-0.3, -0.25) is 0 Å². The quantitative estimate of drug-likeness (QED) is 0.728. The van der Waals surface area contributed by atoms with E-state index in [4.69, 9.17) is 23.2 Å². The average Bonchev–Trinajstić information content (AvgIpc) is 2.69. The van der Waals surface area contributed by atoms with Crippen LogP contribution in [-0.4, -0.2) is 15.4 Å². The molecule has 1 atom stereocenters. The van der Waals surface area contributed by atoms with Crippen LogP contribution in [0.3, 0.4) is 0 Å². The van der Waals surface area contributed by atoms with Crippen LogP contribution in [0.5, 0.6) is 0 Å². The molecule has 0 aliphatic carbocycles. The lowest BCUT2D eigenvalue weighted by molar-refractivity contribution is 0.364. The van der Waals surface area contributed by atoms with Gasteiger partial charge in [-0.1, -0.05) is 38.4 Å². The molecule has 0 aliphatic rings. The van der Waals surface area contributed by atoms with Gasteiger partial charge in [0.25, 0.3) is 0 Å². The van der Waals surface area contributed by atoms with Crippen LogP contribution in [0.15, 0.2) is 18.2 Å². The van der Waals surface area contributed by atoms with Crippen molar-refractivity contribution in [3.63, 3.8) is 0 Å². The van der Waals surface area contributed by atoms with E-state index in [1.54, 1.807) is 0 Å². The van der Waals surface area contributed by atoms with Crippen molar-refractivity contribution in [2.24, 2.45) is 11.8 Å². The summed E-state index contributed by atoms with van der Waals surface area (Å²) in [6.45, 7) is 7.68. The summed E-state index contributed by atoms with van der Waals surface area (Å²) in [5.41, 5.74) is 2.00. The summed E-state index contributed by atoms with van der Waals surface area (Å²) in [5, 5.41) is 0.766. The summed E-state index contributed by atoms with van der Waals surface area (Å²) in [6, 6.07) is 5.88. The molecule has 0 saturated heterocycles. The van der Waals surface area contributed by atoms with Gasteiger partial charge in [-0.25, -0.2) is 4.98 Å². The lowest BCUT2D eigenvalue weighted by Crippen LogP contribution is -2.15. The van der Waals surface area contributed by atoms with E-state index >= 15 is 0 Å². The van der Waals surface area contributed by atoms with Gasteiger partial charge < -0.3 is 4.57 Å². The molecule has 4 heteroatoms. The summed E-state index contributed by atoms with van der Waals surface area (Å²) in [6.07, 6.45) is 0.775. The van der Waals surface area contributed by atoms with Gasteiger partial charge in [0.2, 0.25) is 0 Å². The van der Waals surface area contributed by atoms with Crippen molar-refractivity contribution < 1.29 is 0 Å². The molecule has 1 unspecified atom stereocenters. The van der Waals surface area contributed by atoms with Gasteiger partial charge >= 0.3 is 0 Å². The molecule has 19 heavy (non-hydrogen) atoms. The van der Waals surface area contributed by atoms with Crippen LogP contribution in [0.1, 0.15) is 26.6 Å². The summed E-state index contributed by atoms with van der Waals surface area (Å²) >= 11 is 12.2. The lowest BCUT2D eigenvalue weighted by Gasteiger charge is -2.18. The predicted molar refractivity (Wildman–Crippen MR) is 83.2 cm³/mol. The minimum absolute atomic E-state index is 0.572. The van der Waals surface area contributed by atoms with Crippen molar-refractivity contribution >= 4 is 34.2 Å². The number of hydrogen-bond donors (Lipinski definition) is 0. The number of alkyl halides is 1. The fourth-order valence-electron chi connectivity index (χ4n) is 2.16. The van der Waals surface area contributed by atoms with Gasteiger partial charge in [-0.2, -0.15) is 0 Å². The second-order valence-electron chi connectivity index (χ2n) is 5.41. The van der Waals surface area contributed by atoms with E-state index in [1.807, 2.05) is 18.2 Å². The number of hydrogen-bond acceptors (Lipinski definition) is 1. The molecule has 0 aliphatic heterocycles. The topological polar surface area (TPSA) is 17.8 Å². The molecule has 2 rings (SSSR count). The van der Waals surface area contributed by atoms with Crippen LogP contribution in [0.4, 0.5) is 0 Å². The largest absolute Gasteiger partial charge is 0.326 e. The fraction of sp³-hybridized carbons (Fsp3) is 0.533. The van der Waals surface area contributed by atoms with E-state index in [0.717, 1.165) is 34.8 Å². The Morgan fingerprint density at radius 2 is 2.00 bits per heavy atom. The molecule has 0 radical (unpaired) electrons. The van der Waals surface area contributed by atoms with Gasteiger partial charge in [0, 0.05) is 18.8 Å². The zero-order valence-corrected chi connectivity index (χ0v) is 13.2. The van der Waals surface area contributed by atoms with Crippen LogP contribution in [0, 0.1) is 11.8 Å². The van der Waals surface area contributed by atoms with Crippen LogP contribution in [-0.2, 0) is 13.0 Å². The SMILES string of the molecule is CC(C)C(C)Cn1c(CCCl)nc2cccc(Cl)c21. The molecule has 1 heterocycles. The highest BCUT2D eigenvalue weighted by atomic mass is 35.5. The van der Waals surface area contributed by atoms with E-state index in [0.29, 0.717) is 17.7 Å². The Morgan fingerprint density at radius 1 is 1.26 bits per heavy atom. The maximum absolute atomic E-state index is 6.34. The highest BCUT2D eigenvalue weighted by Crippen LogP contribution is 2.27. The third-order valence-electron chi connectivity index (χ3n) is 3.72. The predicted octanol–water partition coefficient (Wildman–Crippen LogP) is 4.76. The third-order valence-corrected chi connectivity index (χ3v) is 4.22. The number of rotatable bonds is 5. The molecular formula is C15H20Cl2N2. The van der Waals surface area contributed by atoms with Gasteiger partial charge in [-0.15, -0.1) is 11.6 Å². The fourth-order valence-corrected chi connectivity index (χ4v) is 2.60.